The van der Waals surface area contributed by atoms with E-state index < -0.39 is 21.2 Å². The van der Waals surface area contributed by atoms with Crippen LogP contribution >= 0.6 is 11.6 Å². The number of amides is 1. The molecule has 3 aromatic rings. The number of aromatic nitrogens is 2. The van der Waals surface area contributed by atoms with E-state index in [1.165, 1.54) is 6.26 Å². The van der Waals surface area contributed by atoms with Crippen molar-refractivity contribution in [3.63, 3.8) is 0 Å². The standard InChI is InChI=1S/C25H29ClN4O5S/c1-36(33,34)14-2-9-30-22-8-5-19(17-29-10-12-35-13-11-29)15-21(22)24(31)23(28-30)25(32)27-16-18-3-6-20(26)7-4-18/h3-8,15H,2,9-14,16-17H2,1H3,(H,27,32). The lowest BCUT2D eigenvalue weighted by atomic mass is 10.1. The number of fused-ring (bicyclic) bond motifs is 1. The Labute approximate surface area is 214 Å². The molecule has 2 aromatic carbocycles. The van der Waals surface area contributed by atoms with Crippen LogP contribution in [0.1, 0.15) is 28.0 Å². The zero-order valence-corrected chi connectivity index (χ0v) is 21.6. The van der Waals surface area contributed by atoms with E-state index in [2.05, 4.69) is 15.3 Å². The molecule has 1 aliphatic heterocycles. The van der Waals surface area contributed by atoms with Crippen LogP contribution in [0, 0.1) is 0 Å². The van der Waals surface area contributed by atoms with Crippen LogP contribution in [-0.4, -0.2) is 67.3 Å². The fourth-order valence-corrected chi connectivity index (χ4v) is 4.90. The average Bonchev–Trinajstić information content (AvgIpc) is 2.85. The van der Waals surface area contributed by atoms with Crippen molar-refractivity contribution in [1.82, 2.24) is 20.0 Å². The molecule has 192 valence electrons. The first-order valence-electron chi connectivity index (χ1n) is 11.7. The van der Waals surface area contributed by atoms with Gasteiger partial charge in [-0.05, 0) is 41.8 Å². The van der Waals surface area contributed by atoms with Gasteiger partial charge >= 0.3 is 0 Å². The minimum absolute atomic E-state index is 0.0183. The van der Waals surface area contributed by atoms with Crippen molar-refractivity contribution in [2.75, 3.05) is 38.3 Å². The number of hydrogen-bond acceptors (Lipinski definition) is 7. The highest BCUT2D eigenvalue weighted by molar-refractivity contribution is 7.90. The molecule has 0 bridgehead atoms. The van der Waals surface area contributed by atoms with Crippen molar-refractivity contribution in [1.29, 1.82) is 0 Å². The molecule has 1 fully saturated rings. The molecule has 4 rings (SSSR count). The van der Waals surface area contributed by atoms with Crippen LogP contribution in [0.3, 0.4) is 0 Å². The summed E-state index contributed by atoms with van der Waals surface area (Å²) in [5, 5.41) is 8.06. The maximum Gasteiger partial charge on any atom is 0.276 e. The molecule has 1 N–H and O–H groups in total. The Bertz CT molecular complexity index is 1400. The van der Waals surface area contributed by atoms with Crippen LogP contribution in [0.2, 0.25) is 5.02 Å². The molecule has 1 saturated heterocycles. The lowest BCUT2D eigenvalue weighted by Gasteiger charge is -2.26. The third-order valence-corrected chi connectivity index (χ3v) is 7.28. The van der Waals surface area contributed by atoms with Crippen LogP contribution in [0.15, 0.2) is 47.3 Å². The first-order valence-corrected chi connectivity index (χ1v) is 14.2. The molecule has 1 aliphatic rings. The predicted octanol–water partition coefficient (Wildman–Crippen LogP) is 2.25. The summed E-state index contributed by atoms with van der Waals surface area (Å²) in [5.74, 6) is -0.609. The van der Waals surface area contributed by atoms with Gasteiger partial charge in [-0.25, -0.2) is 8.42 Å². The Hall–Kier alpha value is -2.79. The number of rotatable bonds is 9. The Balaban J connectivity index is 1.64. The minimum atomic E-state index is -3.15. The summed E-state index contributed by atoms with van der Waals surface area (Å²) < 4.78 is 30.2. The van der Waals surface area contributed by atoms with E-state index in [1.807, 2.05) is 12.1 Å². The van der Waals surface area contributed by atoms with E-state index >= 15 is 0 Å². The SMILES string of the molecule is CS(=O)(=O)CCCn1nc(C(=O)NCc2ccc(Cl)cc2)c(=O)c2cc(CN3CCOCC3)ccc21. The summed E-state index contributed by atoms with van der Waals surface area (Å²) in [6.07, 6.45) is 1.49. The quantitative estimate of drug-likeness (QED) is 0.450. The van der Waals surface area contributed by atoms with Crippen LogP contribution in [-0.2, 0) is 34.2 Å². The monoisotopic (exact) mass is 532 g/mol. The first kappa shape index (κ1) is 26.3. The highest BCUT2D eigenvalue weighted by Crippen LogP contribution is 2.16. The maximum absolute atomic E-state index is 13.4. The van der Waals surface area contributed by atoms with E-state index in [1.54, 1.807) is 35.0 Å². The highest BCUT2D eigenvalue weighted by Gasteiger charge is 2.19. The molecule has 2 heterocycles. The number of morpholine rings is 1. The molecule has 1 aromatic heterocycles. The molecule has 36 heavy (non-hydrogen) atoms. The molecule has 0 spiro atoms. The molecular weight excluding hydrogens is 504 g/mol. The molecule has 0 radical (unpaired) electrons. The van der Waals surface area contributed by atoms with Gasteiger partial charge in [0.1, 0.15) is 9.84 Å². The second kappa shape index (κ2) is 11.5. The van der Waals surface area contributed by atoms with Crippen molar-refractivity contribution in [3.05, 3.63) is 74.5 Å². The van der Waals surface area contributed by atoms with Gasteiger partial charge in [-0.2, -0.15) is 5.10 Å². The molecule has 0 unspecified atom stereocenters. The predicted molar refractivity (Wildman–Crippen MR) is 139 cm³/mol. The summed E-state index contributed by atoms with van der Waals surface area (Å²) in [5.41, 5.74) is 1.66. The van der Waals surface area contributed by atoms with Crippen molar-refractivity contribution < 1.29 is 17.9 Å². The second-order valence-corrected chi connectivity index (χ2v) is 11.6. The van der Waals surface area contributed by atoms with Gasteiger partial charge in [0.05, 0.1) is 29.9 Å². The number of hydrogen-bond donors (Lipinski definition) is 1. The lowest BCUT2D eigenvalue weighted by molar-refractivity contribution is 0.0342. The van der Waals surface area contributed by atoms with Crippen LogP contribution in [0.5, 0.6) is 0 Å². The van der Waals surface area contributed by atoms with Crippen molar-refractivity contribution in [3.8, 4) is 0 Å². The lowest BCUT2D eigenvalue weighted by Crippen LogP contribution is -2.35. The van der Waals surface area contributed by atoms with Crippen molar-refractivity contribution in [2.45, 2.75) is 26.1 Å². The third-order valence-electron chi connectivity index (χ3n) is 6.00. The third kappa shape index (κ3) is 6.91. The van der Waals surface area contributed by atoms with Crippen LogP contribution in [0.25, 0.3) is 10.9 Å². The summed E-state index contributed by atoms with van der Waals surface area (Å²) in [6.45, 7) is 4.08. The molecule has 0 atom stereocenters. The van der Waals surface area contributed by atoms with Gasteiger partial charge < -0.3 is 10.1 Å². The number of halogens is 1. The number of benzene rings is 2. The number of nitrogens with one attached hydrogen (secondary N) is 1. The van der Waals surface area contributed by atoms with Gasteiger partial charge in [0.25, 0.3) is 5.91 Å². The number of ether oxygens (including phenoxy) is 1. The normalized spacial score (nSPS) is 14.7. The Kier molecular flexibility index (Phi) is 8.40. The van der Waals surface area contributed by atoms with Gasteiger partial charge in [0.15, 0.2) is 5.69 Å². The smallest absolute Gasteiger partial charge is 0.276 e. The fourth-order valence-electron chi connectivity index (χ4n) is 4.12. The largest absolute Gasteiger partial charge is 0.379 e. The topological polar surface area (TPSA) is 111 Å². The van der Waals surface area contributed by atoms with Gasteiger partial charge in [-0.15, -0.1) is 0 Å². The first-order chi connectivity index (χ1) is 17.2. The fraction of sp³-hybridized carbons (Fsp3) is 0.400. The molecule has 1 amide bonds. The minimum Gasteiger partial charge on any atom is -0.379 e. The van der Waals surface area contributed by atoms with Gasteiger partial charge in [-0.1, -0.05) is 29.8 Å². The number of aryl methyl sites for hydroxylation is 1. The van der Waals surface area contributed by atoms with E-state index in [-0.39, 0.29) is 24.5 Å². The molecule has 11 heteroatoms. The Morgan fingerprint density at radius 2 is 1.81 bits per heavy atom. The average molecular weight is 533 g/mol. The zero-order chi connectivity index (χ0) is 25.7. The summed E-state index contributed by atoms with van der Waals surface area (Å²) in [4.78, 5) is 28.6. The second-order valence-electron chi connectivity index (χ2n) is 8.93. The van der Waals surface area contributed by atoms with Gasteiger partial charge in [0.2, 0.25) is 5.43 Å². The maximum atomic E-state index is 13.4. The molecular formula is C25H29ClN4O5S. The summed E-state index contributed by atoms with van der Waals surface area (Å²) in [6, 6.07) is 12.6. The molecule has 9 nitrogen and oxygen atoms in total. The molecule has 0 aliphatic carbocycles. The highest BCUT2D eigenvalue weighted by atomic mass is 35.5. The zero-order valence-electron chi connectivity index (χ0n) is 20.1. The number of sulfone groups is 1. The Morgan fingerprint density at radius 1 is 1.11 bits per heavy atom. The van der Waals surface area contributed by atoms with E-state index in [0.717, 1.165) is 24.2 Å². The number of carbonyl (C=O) groups excluding carboxylic acids is 1. The van der Waals surface area contributed by atoms with Gasteiger partial charge in [-0.3, -0.25) is 19.2 Å². The van der Waals surface area contributed by atoms with E-state index in [9.17, 15) is 18.0 Å². The van der Waals surface area contributed by atoms with E-state index in [0.29, 0.717) is 42.1 Å². The van der Waals surface area contributed by atoms with E-state index in [4.69, 9.17) is 16.3 Å². The van der Waals surface area contributed by atoms with Crippen LogP contribution < -0.4 is 10.7 Å². The van der Waals surface area contributed by atoms with Crippen molar-refractivity contribution in [2.24, 2.45) is 0 Å². The van der Waals surface area contributed by atoms with Gasteiger partial charge in [0, 0.05) is 44.0 Å². The number of carbonyl (C=O) groups is 1. The summed E-state index contributed by atoms with van der Waals surface area (Å²) >= 11 is 5.92. The Morgan fingerprint density at radius 3 is 2.50 bits per heavy atom. The number of nitrogens with zero attached hydrogens (tertiary/aromatic N) is 3. The molecule has 0 saturated carbocycles. The summed E-state index contributed by atoms with van der Waals surface area (Å²) in [7, 11) is -3.15. The van der Waals surface area contributed by atoms with Crippen molar-refractivity contribution >= 4 is 38.2 Å². The van der Waals surface area contributed by atoms with Crippen LogP contribution in [0.4, 0.5) is 0 Å².